The minimum Gasteiger partial charge on any atom is -0.395 e. The Kier molecular flexibility index (Phi) is 48.1. The highest BCUT2D eigenvalue weighted by Crippen LogP contribution is 2.30. The van der Waals surface area contributed by atoms with E-state index in [-0.39, 0.29) is 252 Å². The lowest BCUT2D eigenvalue weighted by Gasteiger charge is -2.22. The number of aliphatic hydroxyl groups is 2. The minimum atomic E-state index is -1.27. The number of hydrogen-bond acceptors (Lipinski definition) is 29. The number of ether oxygens (including phenoxy) is 4. The van der Waals surface area contributed by atoms with Crippen LogP contribution >= 0.6 is 60.5 Å². The molecule has 3 saturated heterocycles. The predicted octanol–water partition coefficient (Wildman–Crippen LogP) is -1.48. The number of unbranched alkanes of at least 4 members (excludes halogenated alkanes) is 2. The summed E-state index contributed by atoms with van der Waals surface area (Å²) in [5.41, 5.74) is 5.68. The van der Waals surface area contributed by atoms with Gasteiger partial charge in [0.2, 0.25) is 76.8 Å². The van der Waals surface area contributed by atoms with Gasteiger partial charge in [-0.05, 0) is 32.1 Å². The van der Waals surface area contributed by atoms with E-state index in [2.05, 4.69) is 57.2 Å². The molecule has 3 heterocycles. The molecule has 3 aliphatic heterocycles. The van der Waals surface area contributed by atoms with Gasteiger partial charge in [0, 0.05) is 166 Å². The topological polar surface area (TPSA) is 493 Å². The monoisotopic (exact) mass is 1620 g/mol. The van der Waals surface area contributed by atoms with Gasteiger partial charge in [0.25, 0.3) is 0 Å². The molecule has 0 aromatic heterocycles. The lowest BCUT2D eigenvalue weighted by atomic mass is 10.0. The lowest BCUT2D eigenvalue weighted by molar-refractivity contribution is -0.140. The largest absolute Gasteiger partial charge is 0.395 e. The Balaban J connectivity index is 1.39. The van der Waals surface area contributed by atoms with Gasteiger partial charge in [-0.1, -0.05) is 19.8 Å². The molecule has 108 heavy (non-hydrogen) atoms. The molecule has 34 nitrogen and oxygen atoms in total. The fraction of sp³-hybridized carbons (Fsp3) is 0.739. The Hall–Kier alpha value is -6.43. The summed E-state index contributed by atoms with van der Waals surface area (Å²) in [6, 6.07) is -4.37. The van der Waals surface area contributed by atoms with Crippen LogP contribution in [0.1, 0.15) is 143 Å². The van der Waals surface area contributed by atoms with E-state index < -0.39 is 123 Å². The third-order valence-corrected chi connectivity index (χ3v) is 21.9. The number of primary amides is 1. The molecular weight excluding hydrogens is 1510 g/mol. The SMILES string of the molecule is CCCN1C(=O)CC(SCC(NC(=O)C(CCCCCC(=O)CCOCCOCCCC(=O)C(CSC2CC(=O)N(CCC(=O)CC(CS)C(=O)NCCO)C2=O)NC(C)=O)NC(=O)CCOCCOCCCC(=O)C(CSC2CC(=O)N(CCC(=O)CC(CS)C(=O)NCCO)C2=O)NC(C)=O)C(N)=O)C1=O. The number of carbonyl (C=O) groups excluding carboxylic acids is 18. The number of carbonyl (C=O) groups is 18. The summed E-state index contributed by atoms with van der Waals surface area (Å²) < 4.78 is 22.4. The van der Waals surface area contributed by atoms with Gasteiger partial charge in [0.1, 0.15) is 29.4 Å². The Morgan fingerprint density at radius 1 is 0.463 bits per heavy atom. The Bertz CT molecular complexity index is 3070. The van der Waals surface area contributed by atoms with Gasteiger partial charge in [-0.25, -0.2) is 0 Å². The number of nitrogens with two attached hydrogens (primary N) is 1. The van der Waals surface area contributed by atoms with Gasteiger partial charge in [-0.3, -0.25) is 101 Å². The Morgan fingerprint density at radius 3 is 1.27 bits per heavy atom. The molecule has 0 bridgehead atoms. The number of nitrogens with zero attached hydrogens (tertiary/aromatic N) is 3. The fourth-order valence-electron chi connectivity index (χ4n) is 11.2. The van der Waals surface area contributed by atoms with E-state index in [1.165, 1.54) is 13.8 Å². The molecule has 0 radical (unpaired) electrons. The molecule has 3 rings (SSSR count). The van der Waals surface area contributed by atoms with E-state index in [1.54, 1.807) is 0 Å². The summed E-state index contributed by atoms with van der Waals surface area (Å²) in [5, 5.41) is 30.9. The summed E-state index contributed by atoms with van der Waals surface area (Å²) in [6.07, 6.45) is 1.54. The first kappa shape index (κ1) is 95.8. The number of likely N-dealkylation sites (tertiary alicyclic amines) is 3. The van der Waals surface area contributed by atoms with Crippen LogP contribution in [0.2, 0.25) is 0 Å². The average Bonchev–Trinajstić information content (AvgIpc) is 1.71. The van der Waals surface area contributed by atoms with Crippen LogP contribution in [-0.2, 0) is 105 Å². The summed E-state index contributed by atoms with van der Waals surface area (Å²) in [4.78, 5) is 233. The maximum Gasteiger partial charge on any atom is 0.243 e. The molecule has 608 valence electrons. The smallest absolute Gasteiger partial charge is 0.243 e. The second-order valence-electron chi connectivity index (χ2n) is 25.8. The maximum absolute atomic E-state index is 13.8. The zero-order chi connectivity index (χ0) is 80.1. The van der Waals surface area contributed by atoms with Crippen molar-refractivity contribution in [2.24, 2.45) is 17.6 Å². The van der Waals surface area contributed by atoms with Crippen molar-refractivity contribution in [1.82, 2.24) is 46.6 Å². The van der Waals surface area contributed by atoms with E-state index >= 15 is 0 Å². The highest BCUT2D eigenvalue weighted by molar-refractivity contribution is 8.01. The first-order valence-electron chi connectivity index (χ1n) is 36.3. The number of nitrogens with one attached hydrogen (secondary N) is 6. The molecule has 0 aromatic carbocycles. The first-order chi connectivity index (χ1) is 51.6. The number of imide groups is 3. The molecule has 10 N–H and O–H groups in total. The first-order valence-corrected chi connectivity index (χ1v) is 40.7. The van der Waals surface area contributed by atoms with Crippen LogP contribution < -0.4 is 37.6 Å². The van der Waals surface area contributed by atoms with Gasteiger partial charge in [-0.15, -0.1) is 35.3 Å². The number of thiol groups is 2. The molecule has 9 unspecified atom stereocenters. The molecule has 13 amide bonds. The third kappa shape index (κ3) is 37.1. The van der Waals surface area contributed by atoms with E-state index in [0.717, 1.165) is 50.0 Å². The van der Waals surface area contributed by atoms with Gasteiger partial charge < -0.3 is 66.8 Å². The number of ketones is 5. The number of thioether (sulfide) groups is 3. The van der Waals surface area contributed by atoms with Crippen molar-refractivity contribution >= 4 is 166 Å². The van der Waals surface area contributed by atoms with Crippen LogP contribution in [0, 0.1) is 11.8 Å². The van der Waals surface area contributed by atoms with Gasteiger partial charge >= 0.3 is 0 Å². The Labute approximate surface area is 652 Å². The molecule has 0 aromatic rings. The molecule has 0 aliphatic carbocycles. The van der Waals surface area contributed by atoms with Crippen molar-refractivity contribution in [3.8, 4) is 0 Å². The second kappa shape index (κ2) is 54.2. The summed E-state index contributed by atoms with van der Waals surface area (Å²) >= 11 is 11.4. The quantitative estimate of drug-likeness (QED) is 0.0188. The number of rotatable bonds is 63. The van der Waals surface area contributed by atoms with Crippen LogP contribution in [-0.4, -0.2) is 298 Å². The molecular formula is C69H108N10O24S5. The Morgan fingerprint density at radius 2 is 0.870 bits per heavy atom. The van der Waals surface area contributed by atoms with Crippen molar-refractivity contribution in [2.45, 2.75) is 183 Å². The van der Waals surface area contributed by atoms with Crippen molar-refractivity contribution < 1.29 is 115 Å². The normalized spacial score (nSPS) is 17.4. The van der Waals surface area contributed by atoms with E-state index in [1.807, 2.05) is 6.92 Å². The highest BCUT2D eigenvalue weighted by Gasteiger charge is 2.43. The van der Waals surface area contributed by atoms with Gasteiger partial charge in [0.15, 0.2) is 11.6 Å². The van der Waals surface area contributed by atoms with Crippen LogP contribution in [0.4, 0.5) is 0 Å². The van der Waals surface area contributed by atoms with Crippen molar-refractivity contribution in [1.29, 1.82) is 0 Å². The van der Waals surface area contributed by atoms with E-state index in [0.29, 0.717) is 32.1 Å². The van der Waals surface area contributed by atoms with Gasteiger partial charge in [0.05, 0.1) is 92.5 Å². The lowest BCUT2D eigenvalue weighted by Crippen LogP contribution is -2.54. The fourth-order valence-corrected chi connectivity index (χ4v) is 15.4. The molecule has 0 spiro atoms. The predicted molar refractivity (Wildman–Crippen MR) is 404 cm³/mol. The number of amides is 13. The van der Waals surface area contributed by atoms with Crippen LogP contribution in [0.3, 0.4) is 0 Å². The summed E-state index contributed by atoms with van der Waals surface area (Å²) in [5.74, 6) is -9.79. The van der Waals surface area contributed by atoms with E-state index in [4.69, 9.17) is 34.9 Å². The molecule has 3 aliphatic rings. The summed E-state index contributed by atoms with van der Waals surface area (Å²) in [6.45, 7) is 4.42. The maximum atomic E-state index is 13.8. The summed E-state index contributed by atoms with van der Waals surface area (Å²) in [7, 11) is 0. The minimum absolute atomic E-state index is 0.00680. The van der Waals surface area contributed by atoms with Crippen LogP contribution in [0.15, 0.2) is 0 Å². The van der Waals surface area contributed by atoms with Crippen LogP contribution in [0.5, 0.6) is 0 Å². The van der Waals surface area contributed by atoms with Crippen molar-refractivity contribution in [3.63, 3.8) is 0 Å². The van der Waals surface area contributed by atoms with Crippen molar-refractivity contribution in [2.75, 3.05) is 128 Å². The molecule has 39 heteroatoms. The average molecular weight is 1620 g/mol. The van der Waals surface area contributed by atoms with Gasteiger partial charge in [-0.2, -0.15) is 25.3 Å². The number of hydrogen-bond donors (Lipinski definition) is 11. The van der Waals surface area contributed by atoms with Crippen molar-refractivity contribution in [3.05, 3.63) is 0 Å². The third-order valence-electron chi connectivity index (χ3n) is 17.1. The molecule has 3 fully saturated rings. The standard InChI is InChI=1S/C69H108N10O24S5/c1-4-20-77-60(90)35-56(67(77)97)108-42-53(63(70)93)76-66(96)50(75-59(89)17-28-103-32-30-101-26-9-13-55(88)52(74-44(3)83)41-107-58-37-62(92)79(69(58)99)22-15-49(86)34-46(39-105)65(95)72-19-24-81)11-7-5-6-10-47(84)16-27-102-31-29-100-25-8-12-54(87)51(73-43(2)82)40-106-57-36-61(91)78(68(57)98)21-14-48(85)33-45(38-104)64(94)71-18-23-80/h45-46,50-53,56-58,80-81,104-105H,4-42H2,1-3H3,(H2,70,93)(H,71,94)(H,72,95)(H,73,82)(H,74,83)(H,75,89)(H,76,96). The second-order valence-corrected chi connectivity index (χ2v) is 30.3. The number of Topliss-reactive ketones (excluding diaryl/α,β-unsaturated/α-hetero) is 5. The highest BCUT2D eigenvalue weighted by atomic mass is 32.2. The zero-order valence-corrected chi connectivity index (χ0v) is 65.9. The number of aliphatic hydroxyl groups excluding tert-OH is 2. The van der Waals surface area contributed by atoms with E-state index in [9.17, 15) is 86.3 Å². The zero-order valence-electron chi connectivity index (χ0n) is 61.7. The molecule has 0 saturated carbocycles. The van der Waals surface area contributed by atoms with Crippen LogP contribution in [0.25, 0.3) is 0 Å². The molecule has 9 atom stereocenters.